The summed E-state index contributed by atoms with van der Waals surface area (Å²) in [6.45, 7) is 4.47. The van der Waals surface area contributed by atoms with Crippen molar-refractivity contribution in [3.8, 4) is 0 Å². The molecule has 0 aliphatic carbocycles. The Morgan fingerprint density at radius 2 is 0.912 bits per heavy atom. The van der Waals surface area contributed by atoms with Crippen molar-refractivity contribution in [3.63, 3.8) is 0 Å². The van der Waals surface area contributed by atoms with Gasteiger partial charge in [-0.3, -0.25) is 0 Å². The van der Waals surface area contributed by atoms with Gasteiger partial charge >= 0.3 is 0 Å². The van der Waals surface area contributed by atoms with Gasteiger partial charge in [-0.05, 0) is 45.9 Å². The molecule has 2 heterocycles. The van der Waals surface area contributed by atoms with E-state index in [1.807, 2.05) is 0 Å². The molecule has 34 heavy (non-hydrogen) atoms. The molecule has 0 fully saturated rings. The third kappa shape index (κ3) is 3.04. The fraction of sp³-hybridized carbons (Fsp3) is 0.152. The van der Waals surface area contributed by atoms with Gasteiger partial charge in [0, 0.05) is 11.1 Å². The lowest BCUT2D eigenvalue weighted by Crippen LogP contribution is -2.27. The highest BCUT2D eigenvalue weighted by Crippen LogP contribution is 2.65. The van der Waals surface area contributed by atoms with Crippen LogP contribution in [0.3, 0.4) is 0 Å². The van der Waals surface area contributed by atoms with Crippen LogP contribution in [0.1, 0.15) is 47.6 Å². The molecule has 0 saturated heterocycles. The Morgan fingerprint density at radius 3 is 1.35 bits per heavy atom. The fourth-order valence-corrected chi connectivity index (χ4v) is 5.52. The molecule has 6 rings (SSSR count). The van der Waals surface area contributed by atoms with Gasteiger partial charge in [-0.15, -0.1) is 0 Å². The second-order valence-electron chi connectivity index (χ2n) is 9.53. The van der Waals surface area contributed by atoms with Crippen LogP contribution in [0, 0.1) is 0 Å². The summed E-state index contributed by atoms with van der Waals surface area (Å²) in [7, 11) is 0. The Balaban J connectivity index is 1.67. The number of fused-ring (bicyclic) bond motifs is 2. The van der Waals surface area contributed by atoms with Crippen molar-refractivity contribution in [2.45, 2.75) is 31.0 Å². The number of hydrogen-bond acceptors (Lipinski definition) is 1. The van der Waals surface area contributed by atoms with Gasteiger partial charge in [-0.25, -0.2) is 0 Å². The number of rotatable bonds is 5. The van der Waals surface area contributed by atoms with Crippen LogP contribution in [0.4, 0.5) is 0 Å². The molecular formula is C33H28O. The van der Waals surface area contributed by atoms with Gasteiger partial charge in [0.15, 0.2) is 0 Å². The van der Waals surface area contributed by atoms with Crippen LogP contribution < -0.4 is 0 Å². The molecule has 4 aromatic rings. The van der Waals surface area contributed by atoms with Crippen molar-refractivity contribution < 1.29 is 4.74 Å². The highest BCUT2D eigenvalue weighted by Gasteiger charge is 2.59. The van der Waals surface area contributed by atoms with Crippen molar-refractivity contribution in [3.05, 3.63) is 155 Å². The summed E-state index contributed by atoms with van der Waals surface area (Å²) in [5.41, 5.74) is 7.17. The zero-order valence-electron chi connectivity index (χ0n) is 19.6. The summed E-state index contributed by atoms with van der Waals surface area (Å²) in [4.78, 5) is 0. The summed E-state index contributed by atoms with van der Waals surface area (Å²) in [6.07, 6.45) is 4.55. The molecule has 0 amide bonds. The molecule has 2 atom stereocenters. The van der Waals surface area contributed by atoms with Gasteiger partial charge in [-0.1, -0.05) is 129 Å². The van der Waals surface area contributed by atoms with E-state index in [0.717, 1.165) is 11.1 Å². The average molecular weight is 441 g/mol. The highest BCUT2D eigenvalue weighted by molar-refractivity contribution is 6.04. The molecule has 0 spiro atoms. The topological polar surface area (TPSA) is 9.23 Å². The molecule has 1 heteroatoms. The maximum atomic E-state index is 7.27. The molecule has 2 unspecified atom stereocenters. The molecule has 0 radical (unpaired) electrons. The van der Waals surface area contributed by atoms with Crippen molar-refractivity contribution >= 4 is 11.1 Å². The van der Waals surface area contributed by atoms with E-state index < -0.39 is 11.2 Å². The number of benzene rings is 4. The molecular weight excluding hydrogens is 412 g/mol. The van der Waals surface area contributed by atoms with Gasteiger partial charge in [-0.2, -0.15) is 0 Å². The predicted octanol–water partition coefficient (Wildman–Crippen LogP) is 8.11. The minimum absolute atomic E-state index is 0.489. The van der Waals surface area contributed by atoms with Gasteiger partial charge in [0.2, 0.25) is 0 Å². The number of ether oxygens (including phenoxy) is 1. The lowest BCUT2D eigenvalue weighted by molar-refractivity contribution is -0.0135. The van der Waals surface area contributed by atoms with E-state index in [1.165, 1.54) is 27.8 Å². The third-order valence-electron chi connectivity index (χ3n) is 7.20. The maximum absolute atomic E-state index is 7.27. The van der Waals surface area contributed by atoms with E-state index in [0.29, 0.717) is 5.92 Å². The SMILES string of the molecule is CC(C)c1ccc(C23C=CC(c4ccccc4)(O2)C(c2ccccc2)=C3c2ccccc2)cc1. The van der Waals surface area contributed by atoms with E-state index in [-0.39, 0.29) is 0 Å². The van der Waals surface area contributed by atoms with Crippen molar-refractivity contribution in [2.75, 3.05) is 0 Å². The molecule has 0 aromatic heterocycles. The monoisotopic (exact) mass is 440 g/mol. The first-order chi connectivity index (χ1) is 16.6. The summed E-state index contributed by atoms with van der Waals surface area (Å²) >= 11 is 0. The van der Waals surface area contributed by atoms with Crippen molar-refractivity contribution in [1.82, 2.24) is 0 Å². The van der Waals surface area contributed by atoms with E-state index in [2.05, 4.69) is 141 Å². The quantitative estimate of drug-likeness (QED) is 0.285. The summed E-state index contributed by atoms with van der Waals surface area (Å²) in [6, 6.07) is 41.1. The number of hydrogen-bond donors (Lipinski definition) is 0. The lowest BCUT2D eigenvalue weighted by atomic mass is 9.72. The summed E-state index contributed by atoms with van der Waals surface area (Å²) in [5.74, 6) is 0.489. The van der Waals surface area contributed by atoms with E-state index in [4.69, 9.17) is 4.74 Å². The third-order valence-corrected chi connectivity index (χ3v) is 7.20. The Kier molecular flexibility index (Phi) is 4.90. The van der Waals surface area contributed by atoms with E-state index in [1.54, 1.807) is 0 Å². The molecule has 166 valence electrons. The first-order valence-electron chi connectivity index (χ1n) is 12.1. The smallest absolute Gasteiger partial charge is 0.140 e. The fourth-order valence-electron chi connectivity index (χ4n) is 5.52. The Bertz CT molecular complexity index is 1370. The largest absolute Gasteiger partial charge is 0.341 e. The summed E-state index contributed by atoms with van der Waals surface area (Å²) < 4.78 is 7.27. The molecule has 2 aliphatic rings. The molecule has 2 bridgehead atoms. The zero-order chi connectivity index (χ0) is 23.2. The zero-order valence-corrected chi connectivity index (χ0v) is 19.6. The Morgan fingerprint density at radius 1 is 0.500 bits per heavy atom. The minimum Gasteiger partial charge on any atom is -0.341 e. The predicted molar refractivity (Wildman–Crippen MR) is 140 cm³/mol. The van der Waals surface area contributed by atoms with Gasteiger partial charge < -0.3 is 4.74 Å². The van der Waals surface area contributed by atoms with Crippen LogP contribution in [0.2, 0.25) is 0 Å². The van der Waals surface area contributed by atoms with E-state index >= 15 is 0 Å². The highest BCUT2D eigenvalue weighted by atomic mass is 16.5. The van der Waals surface area contributed by atoms with Crippen molar-refractivity contribution in [1.29, 1.82) is 0 Å². The minimum atomic E-state index is -0.655. The molecule has 4 aromatic carbocycles. The molecule has 1 nitrogen and oxygen atoms in total. The molecule has 2 aliphatic heterocycles. The summed E-state index contributed by atoms with van der Waals surface area (Å²) in [5, 5.41) is 0. The van der Waals surface area contributed by atoms with Crippen LogP contribution in [-0.2, 0) is 15.9 Å². The second-order valence-corrected chi connectivity index (χ2v) is 9.53. The van der Waals surface area contributed by atoms with Gasteiger partial charge in [0.05, 0.1) is 0 Å². The lowest BCUT2D eigenvalue weighted by Gasteiger charge is -2.29. The second kappa shape index (κ2) is 7.97. The van der Waals surface area contributed by atoms with E-state index in [9.17, 15) is 0 Å². The van der Waals surface area contributed by atoms with Crippen LogP contribution in [-0.4, -0.2) is 0 Å². The van der Waals surface area contributed by atoms with Crippen molar-refractivity contribution in [2.24, 2.45) is 0 Å². The molecule has 0 N–H and O–H groups in total. The Hall–Kier alpha value is -3.68. The Labute approximate surface area is 202 Å². The standard InChI is InChI=1S/C33H28O/c1-24(2)25-18-20-29(21-19-25)33-23-22-32(34-33,28-16-10-5-11-17-28)30(26-12-6-3-7-13-26)31(33)27-14-8-4-9-15-27/h3-24H,1-2H3. The average Bonchev–Trinajstić information content (AvgIpc) is 3.45. The molecule has 0 saturated carbocycles. The van der Waals surface area contributed by atoms with Crippen LogP contribution in [0.5, 0.6) is 0 Å². The van der Waals surface area contributed by atoms with Gasteiger partial charge in [0.1, 0.15) is 11.2 Å². The first-order valence-corrected chi connectivity index (χ1v) is 12.1. The maximum Gasteiger partial charge on any atom is 0.140 e. The first kappa shape index (κ1) is 20.9. The normalized spacial score (nSPS) is 23.1. The van der Waals surface area contributed by atoms with Crippen LogP contribution in [0.15, 0.2) is 127 Å². The van der Waals surface area contributed by atoms with Gasteiger partial charge in [0.25, 0.3) is 0 Å². The van der Waals surface area contributed by atoms with Crippen LogP contribution in [0.25, 0.3) is 11.1 Å². The van der Waals surface area contributed by atoms with Crippen LogP contribution >= 0.6 is 0 Å².